The van der Waals surface area contributed by atoms with Crippen molar-refractivity contribution in [2.24, 2.45) is 0 Å². The maximum Gasteiger partial charge on any atom is 0.339 e. The summed E-state index contributed by atoms with van der Waals surface area (Å²) in [6, 6.07) is 0. The third-order valence-electron chi connectivity index (χ3n) is 1.41. The van der Waals surface area contributed by atoms with Crippen LogP contribution in [0.5, 0.6) is 0 Å². The number of anilines is 1. The van der Waals surface area contributed by atoms with E-state index in [1.165, 1.54) is 6.33 Å². The summed E-state index contributed by atoms with van der Waals surface area (Å²) in [5.74, 6) is 0.729. The van der Waals surface area contributed by atoms with Gasteiger partial charge in [0, 0.05) is 0 Å². The molecule has 0 saturated carbocycles. The number of nitrogens with one attached hydrogen (secondary N) is 1. The summed E-state index contributed by atoms with van der Waals surface area (Å²) in [5.41, 5.74) is 1.85. The molecule has 2 heterocycles. The van der Waals surface area contributed by atoms with E-state index in [-0.39, 0.29) is 0 Å². The average molecular weight is 134 g/mol. The zero-order valence-electron chi connectivity index (χ0n) is 5.50. The van der Waals surface area contributed by atoms with Gasteiger partial charge in [-0.1, -0.05) is 9.98 Å². The molecule has 0 unspecified atom stereocenters. The molecule has 2 rings (SSSR count). The van der Waals surface area contributed by atoms with Crippen molar-refractivity contribution >= 4 is 17.8 Å². The van der Waals surface area contributed by atoms with Crippen LogP contribution in [0.25, 0.3) is 0 Å². The van der Waals surface area contributed by atoms with E-state index < -0.39 is 0 Å². The van der Waals surface area contributed by atoms with Crippen LogP contribution in [0, 0.1) is 6.92 Å². The fraction of sp³-hybridized carbons (Fsp3) is 0.167. The Morgan fingerprint density at radius 2 is 2.40 bits per heavy atom. The highest BCUT2D eigenvalue weighted by Crippen LogP contribution is 2.21. The topological polar surface area (TPSA) is 51.9 Å². The van der Waals surface area contributed by atoms with Crippen molar-refractivity contribution in [3.63, 3.8) is 0 Å². The zero-order chi connectivity index (χ0) is 6.97. The first-order chi connectivity index (χ1) is 4.88. The van der Waals surface area contributed by atoms with Gasteiger partial charge in [0.1, 0.15) is 0 Å². The number of aryl methyl sites for hydroxylation is 1. The summed E-state index contributed by atoms with van der Waals surface area (Å²) in [6.45, 7) is 1.92. The lowest BCUT2D eigenvalue weighted by atomic mass is 10.3. The van der Waals surface area contributed by atoms with Gasteiger partial charge < -0.3 is 0 Å². The second kappa shape index (κ2) is 1.76. The highest BCUT2D eigenvalue weighted by atomic mass is 15.1. The summed E-state index contributed by atoms with van der Waals surface area (Å²) >= 11 is 0. The molecular formula is C6H6N4+. The molecule has 1 aliphatic heterocycles. The number of rotatable bonds is 0. The molecule has 0 saturated heterocycles. The second-order valence-corrected chi connectivity index (χ2v) is 2.06. The smallest absolute Gasteiger partial charge is 0.270 e. The number of hydrogen-bond acceptors (Lipinski definition) is 4. The first-order valence-corrected chi connectivity index (χ1v) is 2.98. The van der Waals surface area contributed by atoms with Crippen LogP contribution in [-0.4, -0.2) is 16.3 Å². The van der Waals surface area contributed by atoms with Crippen molar-refractivity contribution in [3.05, 3.63) is 12.0 Å². The van der Waals surface area contributed by atoms with Gasteiger partial charge in [-0.25, -0.2) is 4.98 Å². The van der Waals surface area contributed by atoms with Gasteiger partial charge in [0.15, 0.2) is 12.0 Å². The van der Waals surface area contributed by atoms with E-state index in [0.29, 0.717) is 0 Å². The number of aliphatic imine (C=N–C) groups is 1. The molecule has 1 radical (unpaired) electrons. The summed E-state index contributed by atoms with van der Waals surface area (Å²) < 4.78 is 0. The molecule has 1 aliphatic rings. The monoisotopic (exact) mass is 134 g/mol. The van der Waals surface area contributed by atoms with Gasteiger partial charge in [0.2, 0.25) is 6.34 Å². The molecule has 4 nitrogen and oxygen atoms in total. The van der Waals surface area contributed by atoms with Crippen LogP contribution < -0.4 is 10.3 Å². The van der Waals surface area contributed by atoms with Crippen molar-refractivity contribution in [2.45, 2.75) is 6.92 Å². The second-order valence-electron chi connectivity index (χ2n) is 2.06. The van der Waals surface area contributed by atoms with E-state index in [1.54, 1.807) is 6.34 Å². The van der Waals surface area contributed by atoms with Crippen LogP contribution in [-0.2, 0) is 0 Å². The molecule has 1 N–H and O–H groups in total. The number of hydrogen-bond donors (Lipinski definition) is 1. The molecule has 0 fully saturated rings. The highest BCUT2D eigenvalue weighted by molar-refractivity contribution is 5.88. The quantitative estimate of drug-likeness (QED) is 0.551. The number of fused-ring (bicyclic) bond motifs is 1. The standard InChI is InChI=1S/C6H6N4/c1-4-5-6(9-2-7-4)10-3-8-5/h2-3,8H,1H3/q+1. The molecule has 1 aromatic heterocycles. The molecule has 0 amide bonds. The minimum atomic E-state index is 0.729. The normalized spacial score (nSPS) is 12.9. The lowest BCUT2D eigenvalue weighted by molar-refractivity contribution is 1.09. The third-order valence-corrected chi connectivity index (χ3v) is 1.41. The Balaban J connectivity index is 2.66. The summed E-state index contributed by atoms with van der Waals surface area (Å²) in [4.78, 5) is 11.9. The van der Waals surface area contributed by atoms with E-state index in [4.69, 9.17) is 0 Å². The van der Waals surface area contributed by atoms with Gasteiger partial charge in [-0.2, -0.15) is 0 Å². The Kier molecular flexibility index (Phi) is 0.943. The lowest BCUT2D eigenvalue weighted by Gasteiger charge is -1.90. The average Bonchev–Trinajstić information content (AvgIpc) is 2.36. The van der Waals surface area contributed by atoms with Crippen LogP contribution in [0.15, 0.2) is 6.33 Å². The summed E-state index contributed by atoms with van der Waals surface area (Å²) in [5, 5.41) is 2.95. The molecule has 0 aliphatic carbocycles. The SMILES string of the molecule is Cc1ncnc2c1NC=[N+]2. The Bertz CT molecular complexity index is 292. The van der Waals surface area contributed by atoms with Crippen molar-refractivity contribution < 1.29 is 0 Å². The predicted octanol–water partition coefficient (Wildman–Crippen LogP) is 0.206. The fourth-order valence-corrected chi connectivity index (χ4v) is 0.886. The van der Waals surface area contributed by atoms with E-state index in [1.807, 2.05) is 6.92 Å². The lowest BCUT2D eigenvalue weighted by Crippen LogP contribution is -1.92. The van der Waals surface area contributed by atoms with Crippen LogP contribution in [0.1, 0.15) is 5.69 Å². The van der Waals surface area contributed by atoms with Gasteiger partial charge in [0.05, 0.1) is 5.69 Å². The van der Waals surface area contributed by atoms with Crippen molar-refractivity contribution in [2.75, 3.05) is 5.32 Å². The third kappa shape index (κ3) is 0.586. The largest absolute Gasteiger partial charge is 0.339 e. The van der Waals surface area contributed by atoms with Crippen molar-refractivity contribution in [3.8, 4) is 0 Å². The Morgan fingerprint density at radius 3 is 3.20 bits per heavy atom. The Labute approximate surface area is 58.0 Å². The van der Waals surface area contributed by atoms with Crippen LogP contribution >= 0.6 is 0 Å². The fourth-order valence-electron chi connectivity index (χ4n) is 0.886. The maximum atomic E-state index is 4.00. The molecule has 0 spiro atoms. The molecule has 10 heavy (non-hydrogen) atoms. The van der Waals surface area contributed by atoms with Crippen molar-refractivity contribution in [1.82, 2.24) is 15.0 Å². The minimum absolute atomic E-state index is 0.729. The molecule has 0 aromatic carbocycles. The zero-order valence-corrected chi connectivity index (χ0v) is 5.50. The Hall–Kier alpha value is -1.45. The van der Waals surface area contributed by atoms with Gasteiger partial charge in [-0.15, -0.1) is 0 Å². The molecule has 0 bridgehead atoms. The first-order valence-electron chi connectivity index (χ1n) is 2.98. The van der Waals surface area contributed by atoms with E-state index in [2.05, 4.69) is 20.3 Å². The van der Waals surface area contributed by atoms with Crippen LogP contribution in [0.2, 0.25) is 0 Å². The van der Waals surface area contributed by atoms with Gasteiger partial charge in [0.25, 0.3) is 0 Å². The van der Waals surface area contributed by atoms with E-state index in [9.17, 15) is 0 Å². The highest BCUT2D eigenvalue weighted by Gasteiger charge is 2.18. The van der Waals surface area contributed by atoms with E-state index in [0.717, 1.165) is 17.2 Å². The maximum absolute atomic E-state index is 4.00. The van der Waals surface area contributed by atoms with Gasteiger partial charge in [-0.05, 0) is 6.92 Å². The molecule has 1 aromatic rings. The van der Waals surface area contributed by atoms with Gasteiger partial charge >= 0.3 is 5.82 Å². The molecular weight excluding hydrogens is 128 g/mol. The molecule has 0 atom stereocenters. The predicted molar refractivity (Wildman–Crippen MR) is 38.2 cm³/mol. The minimum Gasteiger partial charge on any atom is -0.270 e. The Morgan fingerprint density at radius 1 is 1.50 bits per heavy atom. The van der Waals surface area contributed by atoms with Crippen LogP contribution in [0.3, 0.4) is 0 Å². The number of nitrogens with zero attached hydrogens (tertiary/aromatic N) is 3. The molecule has 4 heteroatoms. The summed E-state index contributed by atoms with van der Waals surface area (Å²) in [6.07, 6.45) is 3.13. The summed E-state index contributed by atoms with van der Waals surface area (Å²) in [7, 11) is 0. The number of aromatic nitrogens is 2. The molecule has 49 valence electrons. The van der Waals surface area contributed by atoms with Gasteiger partial charge in [-0.3, -0.25) is 5.32 Å². The van der Waals surface area contributed by atoms with Crippen molar-refractivity contribution in [1.29, 1.82) is 0 Å². The van der Waals surface area contributed by atoms with Crippen LogP contribution in [0.4, 0.5) is 11.5 Å². The van der Waals surface area contributed by atoms with E-state index >= 15 is 0 Å². The first kappa shape index (κ1) is 5.34.